The van der Waals surface area contributed by atoms with Crippen molar-refractivity contribution in [2.75, 3.05) is 31.6 Å². The van der Waals surface area contributed by atoms with Gasteiger partial charge in [0, 0.05) is 22.3 Å². The minimum absolute atomic E-state index is 0.0132. The number of hydrogen-bond acceptors (Lipinski definition) is 3. The molecular formula is C20H25IN2O2. The van der Waals surface area contributed by atoms with Crippen molar-refractivity contribution >= 4 is 34.2 Å². The molecule has 1 aromatic rings. The van der Waals surface area contributed by atoms with Crippen LogP contribution in [0.4, 0.5) is 5.69 Å². The molecule has 134 valence electrons. The number of carbonyl (C=O) groups is 1. The Morgan fingerprint density at radius 1 is 1.40 bits per heavy atom. The SMILES string of the molecule is C=CCN(C/C=C/C)C(C(=O)Nc1ccc(I)cc1)C1=CCOCC1. The summed E-state index contributed by atoms with van der Waals surface area (Å²) in [4.78, 5) is 15.2. The van der Waals surface area contributed by atoms with Gasteiger partial charge in [0.25, 0.3) is 0 Å². The van der Waals surface area contributed by atoms with Crippen LogP contribution in [0.5, 0.6) is 0 Å². The molecule has 0 saturated carbocycles. The number of hydrogen-bond donors (Lipinski definition) is 1. The first-order chi connectivity index (χ1) is 12.2. The van der Waals surface area contributed by atoms with Gasteiger partial charge in [-0.3, -0.25) is 9.69 Å². The van der Waals surface area contributed by atoms with Gasteiger partial charge in [0.05, 0.1) is 13.2 Å². The Balaban J connectivity index is 2.24. The summed E-state index contributed by atoms with van der Waals surface area (Å²) in [7, 11) is 0. The zero-order valence-electron chi connectivity index (χ0n) is 14.6. The quantitative estimate of drug-likeness (QED) is 0.479. The van der Waals surface area contributed by atoms with Gasteiger partial charge in [-0.15, -0.1) is 6.58 Å². The van der Waals surface area contributed by atoms with Crippen molar-refractivity contribution in [1.82, 2.24) is 4.90 Å². The molecular weight excluding hydrogens is 427 g/mol. The van der Waals surface area contributed by atoms with Crippen molar-refractivity contribution in [2.45, 2.75) is 19.4 Å². The Bertz CT molecular complexity index is 638. The standard InChI is InChI=1S/C20H25IN2O2/c1-3-5-13-23(12-4-2)19(16-10-14-25-15-11-16)20(24)22-18-8-6-17(21)7-9-18/h3-10,19H,2,11-15H2,1H3,(H,22,24)/b5-3+. The van der Waals surface area contributed by atoms with Crippen molar-refractivity contribution in [1.29, 1.82) is 0 Å². The highest BCUT2D eigenvalue weighted by Gasteiger charge is 2.29. The largest absolute Gasteiger partial charge is 0.377 e. The molecule has 0 fully saturated rings. The monoisotopic (exact) mass is 452 g/mol. The Kier molecular flexibility index (Phi) is 8.37. The summed E-state index contributed by atoms with van der Waals surface area (Å²) in [6.07, 6.45) is 8.72. The maximum absolute atomic E-state index is 13.1. The number of nitrogens with zero attached hydrogens (tertiary/aromatic N) is 1. The topological polar surface area (TPSA) is 41.6 Å². The fourth-order valence-corrected chi connectivity index (χ4v) is 3.15. The molecule has 0 bridgehead atoms. The molecule has 1 heterocycles. The summed E-state index contributed by atoms with van der Waals surface area (Å²) in [5.74, 6) is -0.0132. The summed E-state index contributed by atoms with van der Waals surface area (Å²) >= 11 is 2.25. The maximum Gasteiger partial charge on any atom is 0.246 e. The molecule has 25 heavy (non-hydrogen) atoms. The molecule has 0 aromatic heterocycles. The lowest BCUT2D eigenvalue weighted by molar-refractivity contribution is -0.120. The number of amides is 1. The molecule has 1 atom stereocenters. The average Bonchev–Trinajstić information content (AvgIpc) is 2.63. The highest BCUT2D eigenvalue weighted by Crippen LogP contribution is 2.21. The van der Waals surface area contributed by atoms with Gasteiger partial charge in [0.2, 0.25) is 5.91 Å². The fourth-order valence-electron chi connectivity index (χ4n) is 2.79. The molecule has 1 N–H and O–H groups in total. The molecule has 1 amide bonds. The third-order valence-electron chi connectivity index (χ3n) is 4.01. The van der Waals surface area contributed by atoms with Crippen LogP contribution in [0.2, 0.25) is 0 Å². The minimum Gasteiger partial charge on any atom is -0.377 e. The number of ether oxygens (including phenoxy) is 1. The second-order valence-corrected chi connectivity index (χ2v) is 7.06. The van der Waals surface area contributed by atoms with Crippen LogP contribution in [0.15, 0.2) is 60.7 Å². The summed E-state index contributed by atoms with van der Waals surface area (Å²) in [5, 5.41) is 3.06. The molecule has 1 aliphatic rings. The first-order valence-corrected chi connectivity index (χ1v) is 9.52. The molecule has 4 nitrogen and oxygen atoms in total. The number of allylic oxidation sites excluding steroid dienone is 1. The Morgan fingerprint density at radius 2 is 2.16 bits per heavy atom. The van der Waals surface area contributed by atoms with E-state index in [-0.39, 0.29) is 11.9 Å². The molecule has 1 aliphatic heterocycles. The lowest BCUT2D eigenvalue weighted by Crippen LogP contribution is -2.46. The molecule has 2 rings (SSSR count). The minimum atomic E-state index is -0.322. The van der Waals surface area contributed by atoms with E-state index in [9.17, 15) is 4.79 Å². The van der Waals surface area contributed by atoms with E-state index < -0.39 is 0 Å². The third-order valence-corrected chi connectivity index (χ3v) is 4.73. The van der Waals surface area contributed by atoms with E-state index in [0.717, 1.165) is 21.3 Å². The number of nitrogens with one attached hydrogen (secondary N) is 1. The van der Waals surface area contributed by atoms with Crippen molar-refractivity contribution in [3.05, 3.63) is 64.3 Å². The van der Waals surface area contributed by atoms with Gasteiger partial charge in [-0.1, -0.05) is 24.3 Å². The Morgan fingerprint density at radius 3 is 2.76 bits per heavy atom. The second kappa shape index (κ2) is 10.5. The van der Waals surface area contributed by atoms with Crippen LogP contribution in [-0.2, 0) is 9.53 Å². The van der Waals surface area contributed by atoms with Gasteiger partial charge in [-0.05, 0) is 65.8 Å². The number of halogens is 1. The predicted molar refractivity (Wildman–Crippen MR) is 112 cm³/mol. The van der Waals surface area contributed by atoms with Crippen molar-refractivity contribution < 1.29 is 9.53 Å². The van der Waals surface area contributed by atoms with Crippen molar-refractivity contribution in [3.8, 4) is 0 Å². The zero-order chi connectivity index (χ0) is 18.1. The number of carbonyl (C=O) groups excluding carboxylic acids is 1. The predicted octanol–water partition coefficient (Wildman–Crippen LogP) is 4.01. The smallest absolute Gasteiger partial charge is 0.246 e. The molecule has 0 radical (unpaired) electrons. The highest BCUT2D eigenvalue weighted by atomic mass is 127. The van der Waals surface area contributed by atoms with Gasteiger partial charge < -0.3 is 10.1 Å². The van der Waals surface area contributed by atoms with Gasteiger partial charge in [-0.2, -0.15) is 0 Å². The van der Waals surface area contributed by atoms with Crippen LogP contribution in [0.3, 0.4) is 0 Å². The lowest BCUT2D eigenvalue weighted by atomic mass is 9.99. The van der Waals surface area contributed by atoms with Gasteiger partial charge in [-0.25, -0.2) is 0 Å². The van der Waals surface area contributed by atoms with E-state index in [4.69, 9.17) is 4.74 Å². The van der Waals surface area contributed by atoms with Gasteiger partial charge >= 0.3 is 0 Å². The first-order valence-electron chi connectivity index (χ1n) is 8.45. The number of anilines is 1. The van der Waals surface area contributed by atoms with Crippen LogP contribution in [-0.4, -0.2) is 43.2 Å². The molecule has 0 saturated heterocycles. The zero-order valence-corrected chi connectivity index (χ0v) is 16.7. The molecule has 0 spiro atoms. The van der Waals surface area contributed by atoms with E-state index >= 15 is 0 Å². The number of rotatable bonds is 8. The Labute approximate surface area is 163 Å². The average molecular weight is 452 g/mol. The normalized spacial score (nSPS) is 15.9. The maximum atomic E-state index is 13.1. The van der Waals surface area contributed by atoms with E-state index in [1.807, 2.05) is 49.4 Å². The van der Waals surface area contributed by atoms with E-state index in [1.54, 1.807) is 0 Å². The summed E-state index contributed by atoms with van der Waals surface area (Å²) in [6, 6.07) is 7.51. The summed E-state index contributed by atoms with van der Waals surface area (Å²) in [6.45, 7) is 8.40. The van der Waals surface area contributed by atoms with Crippen LogP contribution in [0.25, 0.3) is 0 Å². The van der Waals surface area contributed by atoms with Gasteiger partial charge in [0.1, 0.15) is 6.04 Å². The Hall–Kier alpha value is -1.44. The fraction of sp³-hybridized carbons (Fsp3) is 0.350. The lowest BCUT2D eigenvalue weighted by Gasteiger charge is -2.32. The van der Waals surface area contributed by atoms with E-state index in [0.29, 0.717) is 26.3 Å². The van der Waals surface area contributed by atoms with Crippen molar-refractivity contribution in [3.63, 3.8) is 0 Å². The summed E-state index contributed by atoms with van der Waals surface area (Å²) in [5.41, 5.74) is 1.92. The van der Waals surface area contributed by atoms with Crippen LogP contribution in [0, 0.1) is 3.57 Å². The van der Waals surface area contributed by atoms with E-state index in [1.165, 1.54) is 0 Å². The molecule has 5 heteroatoms. The highest BCUT2D eigenvalue weighted by molar-refractivity contribution is 14.1. The van der Waals surface area contributed by atoms with Gasteiger partial charge in [0.15, 0.2) is 0 Å². The van der Waals surface area contributed by atoms with Crippen molar-refractivity contribution in [2.24, 2.45) is 0 Å². The summed E-state index contributed by atoms with van der Waals surface area (Å²) < 4.78 is 6.56. The molecule has 1 aromatic carbocycles. The second-order valence-electron chi connectivity index (χ2n) is 5.81. The van der Waals surface area contributed by atoms with Crippen LogP contribution >= 0.6 is 22.6 Å². The van der Waals surface area contributed by atoms with E-state index in [2.05, 4.69) is 45.5 Å². The van der Waals surface area contributed by atoms with Crippen LogP contribution < -0.4 is 5.32 Å². The number of benzene rings is 1. The molecule has 0 aliphatic carbocycles. The third kappa shape index (κ3) is 6.09. The first kappa shape index (κ1) is 19.9. The van der Waals surface area contributed by atoms with Crippen LogP contribution in [0.1, 0.15) is 13.3 Å². The molecule has 1 unspecified atom stereocenters.